The van der Waals surface area contributed by atoms with E-state index in [1.54, 1.807) is 0 Å². The zero-order chi connectivity index (χ0) is 17.5. The Bertz CT molecular complexity index is 532. The smallest absolute Gasteiger partial charge is 0.237 e. The topological polar surface area (TPSA) is 58.4 Å². The molecule has 0 spiro atoms. The monoisotopic (exact) mass is 403 g/mol. The minimum atomic E-state index is -0.413. The first-order valence-electron chi connectivity index (χ1n) is 9.27. The first kappa shape index (κ1) is 25.2. The molecule has 1 aliphatic rings. The number of halogens is 2. The molecular formula is C20H35Cl2N3O. The van der Waals surface area contributed by atoms with Crippen molar-refractivity contribution in [3.05, 3.63) is 35.4 Å². The number of piperidine rings is 1. The van der Waals surface area contributed by atoms with Crippen LogP contribution < -0.4 is 11.1 Å². The highest BCUT2D eigenvalue weighted by Crippen LogP contribution is 2.18. The average molecular weight is 404 g/mol. The number of nitrogens with zero attached hydrogens (tertiary/aromatic N) is 1. The van der Waals surface area contributed by atoms with Crippen LogP contribution in [0.25, 0.3) is 0 Å². The lowest BCUT2D eigenvalue weighted by molar-refractivity contribution is -0.122. The molecule has 1 amide bonds. The van der Waals surface area contributed by atoms with E-state index in [0.717, 1.165) is 24.4 Å². The zero-order valence-corrected chi connectivity index (χ0v) is 17.9. The minimum absolute atomic E-state index is 0. The maximum absolute atomic E-state index is 12.0. The molecule has 0 bridgehead atoms. The third-order valence-electron chi connectivity index (χ3n) is 4.80. The van der Waals surface area contributed by atoms with E-state index < -0.39 is 6.04 Å². The van der Waals surface area contributed by atoms with Crippen molar-refractivity contribution in [3.8, 4) is 0 Å². The van der Waals surface area contributed by atoms with Gasteiger partial charge in [-0.1, -0.05) is 45.0 Å². The van der Waals surface area contributed by atoms with Gasteiger partial charge in [-0.3, -0.25) is 9.69 Å². The molecule has 26 heavy (non-hydrogen) atoms. The Kier molecular flexibility index (Phi) is 12.2. The second kappa shape index (κ2) is 12.6. The minimum Gasteiger partial charge on any atom is -0.351 e. The molecule has 0 unspecified atom stereocenters. The van der Waals surface area contributed by atoms with Gasteiger partial charge >= 0.3 is 0 Å². The zero-order valence-electron chi connectivity index (χ0n) is 16.2. The van der Waals surface area contributed by atoms with Gasteiger partial charge in [-0.05, 0) is 55.3 Å². The van der Waals surface area contributed by atoms with Crippen molar-refractivity contribution in [2.24, 2.45) is 17.6 Å². The number of nitrogens with one attached hydrogen (secondary N) is 1. The van der Waals surface area contributed by atoms with Gasteiger partial charge in [0.05, 0.1) is 6.04 Å². The lowest BCUT2D eigenvalue weighted by Gasteiger charge is -2.30. The van der Waals surface area contributed by atoms with Gasteiger partial charge in [0.15, 0.2) is 0 Å². The molecule has 1 fully saturated rings. The van der Waals surface area contributed by atoms with E-state index in [1.165, 1.54) is 31.5 Å². The molecule has 6 heteroatoms. The average Bonchev–Trinajstić information content (AvgIpc) is 2.54. The number of carbonyl (C=O) groups is 1. The van der Waals surface area contributed by atoms with Gasteiger partial charge in [-0.15, -0.1) is 24.8 Å². The molecule has 1 saturated heterocycles. The molecule has 0 aliphatic carbocycles. The lowest BCUT2D eigenvalue weighted by Crippen LogP contribution is -2.41. The van der Waals surface area contributed by atoms with Gasteiger partial charge in [-0.2, -0.15) is 0 Å². The van der Waals surface area contributed by atoms with Crippen LogP contribution in [0.3, 0.4) is 0 Å². The van der Waals surface area contributed by atoms with E-state index >= 15 is 0 Å². The van der Waals surface area contributed by atoms with Crippen molar-refractivity contribution >= 4 is 30.7 Å². The van der Waals surface area contributed by atoms with Crippen LogP contribution in [0, 0.1) is 11.8 Å². The van der Waals surface area contributed by atoms with Crippen LogP contribution in [0.4, 0.5) is 0 Å². The van der Waals surface area contributed by atoms with Gasteiger partial charge < -0.3 is 11.1 Å². The normalized spacial score (nSPS) is 16.5. The van der Waals surface area contributed by atoms with Crippen molar-refractivity contribution in [2.45, 2.75) is 59.2 Å². The summed E-state index contributed by atoms with van der Waals surface area (Å²) in [6.45, 7) is 10.4. The second-order valence-electron chi connectivity index (χ2n) is 7.73. The quantitative estimate of drug-likeness (QED) is 0.728. The van der Waals surface area contributed by atoms with Crippen LogP contribution in [-0.4, -0.2) is 29.9 Å². The van der Waals surface area contributed by atoms with Gasteiger partial charge in [0, 0.05) is 13.1 Å². The Morgan fingerprint density at radius 3 is 2.46 bits per heavy atom. The summed E-state index contributed by atoms with van der Waals surface area (Å²) in [5, 5.41) is 2.96. The third-order valence-corrected chi connectivity index (χ3v) is 4.80. The Labute approximate surface area is 171 Å². The Morgan fingerprint density at radius 2 is 1.85 bits per heavy atom. The highest BCUT2D eigenvalue weighted by atomic mass is 35.5. The molecule has 4 nitrogen and oxygen atoms in total. The summed E-state index contributed by atoms with van der Waals surface area (Å²) in [7, 11) is 0. The Balaban J connectivity index is 0.00000312. The van der Waals surface area contributed by atoms with Crippen molar-refractivity contribution in [2.75, 3.05) is 13.1 Å². The molecule has 1 aromatic carbocycles. The molecule has 1 atom stereocenters. The van der Waals surface area contributed by atoms with E-state index in [4.69, 9.17) is 5.73 Å². The number of carbonyl (C=O) groups excluding carboxylic acids is 1. The first-order valence-corrected chi connectivity index (χ1v) is 9.27. The summed E-state index contributed by atoms with van der Waals surface area (Å²) in [6.07, 6.45) is 3.31. The van der Waals surface area contributed by atoms with Crippen molar-refractivity contribution in [1.82, 2.24) is 10.2 Å². The standard InChI is InChI=1S/C20H33N3O.2ClH/c1-15(2)11-19(21)20(24)22-13-17-5-4-6-18(12-17)14-23-9-7-16(3)8-10-23;;/h4-6,12,15-16,19H,7-11,13-14,21H2,1-3H3,(H,22,24);2*1H/t19-;;/m0../s1. The van der Waals surface area contributed by atoms with Gasteiger partial charge in [-0.25, -0.2) is 0 Å². The molecule has 2 rings (SSSR count). The van der Waals surface area contributed by atoms with Crippen molar-refractivity contribution in [3.63, 3.8) is 0 Å². The summed E-state index contributed by atoms with van der Waals surface area (Å²) < 4.78 is 0. The summed E-state index contributed by atoms with van der Waals surface area (Å²) >= 11 is 0. The van der Waals surface area contributed by atoms with Crippen LogP contribution in [0.15, 0.2) is 24.3 Å². The van der Waals surface area contributed by atoms with Gasteiger partial charge in [0.25, 0.3) is 0 Å². The summed E-state index contributed by atoms with van der Waals surface area (Å²) in [5.41, 5.74) is 8.39. The van der Waals surface area contributed by atoms with Gasteiger partial charge in [0.1, 0.15) is 0 Å². The highest BCUT2D eigenvalue weighted by Gasteiger charge is 2.16. The van der Waals surface area contributed by atoms with E-state index in [9.17, 15) is 4.79 Å². The van der Waals surface area contributed by atoms with E-state index in [0.29, 0.717) is 12.5 Å². The van der Waals surface area contributed by atoms with E-state index in [-0.39, 0.29) is 30.7 Å². The molecule has 0 saturated carbocycles. The van der Waals surface area contributed by atoms with Crippen LogP contribution in [-0.2, 0) is 17.9 Å². The second-order valence-corrected chi connectivity index (χ2v) is 7.73. The van der Waals surface area contributed by atoms with Crippen LogP contribution in [0.5, 0.6) is 0 Å². The molecule has 150 valence electrons. The Morgan fingerprint density at radius 1 is 1.23 bits per heavy atom. The fraction of sp³-hybridized carbons (Fsp3) is 0.650. The molecule has 1 aromatic rings. The predicted molar refractivity (Wildman–Crippen MR) is 114 cm³/mol. The lowest BCUT2D eigenvalue weighted by atomic mass is 9.98. The first-order chi connectivity index (χ1) is 11.4. The molecule has 0 radical (unpaired) electrons. The van der Waals surface area contributed by atoms with Crippen LogP contribution in [0.2, 0.25) is 0 Å². The fourth-order valence-corrected chi connectivity index (χ4v) is 3.25. The fourth-order valence-electron chi connectivity index (χ4n) is 3.25. The molecular weight excluding hydrogens is 369 g/mol. The Hall–Kier alpha value is -0.810. The maximum atomic E-state index is 12.0. The maximum Gasteiger partial charge on any atom is 0.237 e. The molecule has 3 N–H and O–H groups in total. The number of rotatable bonds is 7. The number of likely N-dealkylation sites (tertiary alicyclic amines) is 1. The van der Waals surface area contributed by atoms with Crippen LogP contribution in [0.1, 0.15) is 51.2 Å². The molecule has 0 aromatic heterocycles. The SMILES string of the molecule is CC(C)C[C@H](N)C(=O)NCc1cccc(CN2CCC(C)CC2)c1.Cl.Cl. The highest BCUT2D eigenvalue weighted by molar-refractivity contribution is 5.85. The third kappa shape index (κ3) is 8.72. The van der Waals surface area contributed by atoms with Crippen molar-refractivity contribution in [1.29, 1.82) is 0 Å². The molecule has 1 heterocycles. The summed E-state index contributed by atoms with van der Waals surface area (Å²) in [6, 6.07) is 8.11. The number of benzene rings is 1. The van der Waals surface area contributed by atoms with E-state index in [1.807, 2.05) is 0 Å². The predicted octanol–water partition coefficient (Wildman–Crippen LogP) is 3.75. The van der Waals surface area contributed by atoms with Crippen LogP contribution >= 0.6 is 24.8 Å². The number of nitrogens with two attached hydrogens (primary N) is 1. The van der Waals surface area contributed by atoms with E-state index in [2.05, 4.69) is 55.3 Å². The number of hydrogen-bond acceptors (Lipinski definition) is 3. The summed E-state index contributed by atoms with van der Waals surface area (Å²) in [5.74, 6) is 1.23. The number of hydrogen-bond donors (Lipinski definition) is 2. The molecule has 1 aliphatic heterocycles. The largest absolute Gasteiger partial charge is 0.351 e. The number of amides is 1. The van der Waals surface area contributed by atoms with Crippen molar-refractivity contribution < 1.29 is 4.79 Å². The summed E-state index contributed by atoms with van der Waals surface area (Å²) in [4.78, 5) is 14.6. The van der Waals surface area contributed by atoms with Gasteiger partial charge in [0.2, 0.25) is 5.91 Å².